The molecule has 0 spiro atoms. The molecule has 4 heteroatoms. The van der Waals surface area contributed by atoms with Crippen LogP contribution in [0.3, 0.4) is 0 Å². The summed E-state index contributed by atoms with van der Waals surface area (Å²) in [6.07, 6.45) is 1.98. The summed E-state index contributed by atoms with van der Waals surface area (Å²) in [5.41, 5.74) is 9.26. The fraction of sp³-hybridized carbons (Fsp3) is 0.240. The third-order valence-corrected chi connectivity index (χ3v) is 6.35. The Bertz CT molecular complexity index is 1040. The first-order chi connectivity index (χ1) is 14.2. The van der Waals surface area contributed by atoms with Crippen LogP contribution in [0.15, 0.2) is 66.7 Å². The van der Waals surface area contributed by atoms with Gasteiger partial charge in [-0.25, -0.2) is 0 Å². The zero-order chi connectivity index (χ0) is 20.1. The van der Waals surface area contributed by atoms with Gasteiger partial charge < -0.3 is 10.6 Å². The molecule has 0 saturated carbocycles. The summed E-state index contributed by atoms with van der Waals surface area (Å²) >= 11 is 1.48. The van der Waals surface area contributed by atoms with Crippen LogP contribution >= 0.6 is 11.3 Å². The second-order valence-corrected chi connectivity index (χ2v) is 8.38. The number of likely N-dealkylation sites (tertiary alicyclic amines) is 1. The number of piperidine rings is 1. The standard InChI is InChI=1S/C25H24N2OS/c26-18-20-7-4-8-22(17-20)21-13-15-27(16-14-21)25(28)24-12-11-23(29-24)10-9-19-5-2-1-3-6-19/h1-8,11-12,17,21H,13-16,18,26H2. The zero-order valence-electron chi connectivity index (χ0n) is 16.3. The molecule has 1 aliphatic heterocycles. The lowest BCUT2D eigenvalue weighted by Crippen LogP contribution is -2.37. The van der Waals surface area contributed by atoms with Crippen molar-refractivity contribution >= 4 is 17.2 Å². The molecule has 2 N–H and O–H groups in total. The van der Waals surface area contributed by atoms with Gasteiger partial charge in [-0.05, 0) is 54.2 Å². The number of thiophene rings is 1. The third-order valence-electron chi connectivity index (χ3n) is 5.36. The van der Waals surface area contributed by atoms with Crippen LogP contribution in [0, 0.1) is 11.8 Å². The van der Waals surface area contributed by atoms with Crippen molar-refractivity contribution in [3.05, 3.63) is 93.2 Å². The van der Waals surface area contributed by atoms with E-state index >= 15 is 0 Å². The van der Waals surface area contributed by atoms with E-state index in [9.17, 15) is 4.79 Å². The lowest BCUT2D eigenvalue weighted by atomic mass is 9.88. The minimum Gasteiger partial charge on any atom is -0.338 e. The van der Waals surface area contributed by atoms with Crippen molar-refractivity contribution in [2.75, 3.05) is 13.1 Å². The van der Waals surface area contributed by atoms with Crippen molar-refractivity contribution in [3.8, 4) is 11.8 Å². The van der Waals surface area contributed by atoms with Gasteiger partial charge in [0.25, 0.3) is 5.91 Å². The van der Waals surface area contributed by atoms with Gasteiger partial charge in [0.15, 0.2) is 0 Å². The second kappa shape index (κ2) is 9.09. The highest BCUT2D eigenvalue weighted by atomic mass is 32.1. The van der Waals surface area contributed by atoms with Gasteiger partial charge >= 0.3 is 0 Å². The molecular formula is C25H24N2OS. The summed E-state index contributed by atoms with van der Waals surface area (Å²) in [4.78, 5) is 16.6. The van der Waals surface area contributed by atoms with Crippen LogP contribution < -0.4 is 5.73 Å². The Morgan fingerprint density at radius 1 is 1.00 bits per heavy atom. The van der Waals surface area contributed by atoms with Gasteiger partial charge in [-0.1, -0.05) is 54.3 Å². The first-order valence-corrected chi connectivity index (χ1v) is 10.8. The van der Waals surface area contributed by atoms with Crippen LogP contribution in [0.5, 0.6) is 0 Å². The maximum Gasteiger partial charge on any atom is 0.263 e. The average molecular weight is 401 g/mol. The molecule has 1 saturated heterocycles. The Hall–Kier alpha value is -2.87. The largest absolute Gasteiger partial charge is 0.338 e. The van der Waals surface area contributed by atoms with E-state index in [0.29, 0.717) is 12.5 Å². The van der Waals surface area contributed by atoms with Crippen LogP contribution in [0.25, 0.3) is 0 Å². The minimum absolute atomic E-state index is 0.122. The van der Waals surface area contributed by atoms with Crippen molar-refractivity contribution in [1.82, 2.24) is 4.90 Å². The van der Waals surface area contributed by atoms with Crippen molar-refractivity contribution in [2.24, 2.45) is 5.73 Å². The van der Waals surface area contributed by atoms with Gasteiger partial charge in [-0.3, -0.25) is 4.79 Å². The first-order valence-electron chi connectivity index (χ1n) is 9.98. The quantitative estimate of drug-likeness (QED) is 0.652. The summed E-state index contributed by atoms with van der Waals surface area (Å²) in [6.45, 7) is 2.15. The highest BCUT2D eigenvalue weighted by Gasteiger charge is 2.25. The second-order valence-electron chi connectivity index (χ2n) is 7.30. The number of carbonyl (C=O) groups is 1. The van der Waals surface area contributed by atoms with Crippen LogP contribution in [0.4, 0.5) is 0 Å². The Labute approximate surface area is 176 Å². The smallest absolute Gasteiger partial charge is 0.263 e. The zero-order valence-corrected chi connectivity index (χ0v) is 17.1. The molecule has 1 fully saturated rings. The Kier molecular flexibility index (Phi) is 6.09. The van der Waals surface area contributed by atoms with Crippen LogP contribution in [-0.2, 0) is 6.54 Å². The molecule has 1 amide bonds. The molecular weight excluding hydrogens is 376 g/mol. The molecule has 2 aromatic carbocycles. The number of nitrogens with zero attached hydrogens (tertiary/aromatic N) is 1. The van der Waals surface area contributed by atoms with Gasteiger partial charge in [-0.2, -0.15) is 0 Å². The molecule has 29 heavy (non-hydrogen) atoms. The number of nitrogens with two attached hydrogens (primary N) is 1. The monoisotopic (exact) mass is 400 g/mol. The summed E-state index contributed by atoms with van der Waals surface area (Å²) in [5, 5.41) is 0. The molecule has 0 radical (unpaired) electrons. The summed E-state index contributed by atoms with van der Waals surface area (Å²) in [6, 6.07) is 22.3. The Morgan fingerprint density at radius 3 is 2.55 bits per heavy atom. The number of hydrogen-bond donors (Lipinski definition) is 1. The molecule has 0 bridgehead atoms. The summed E-state index contributed by atoms with van der Waals surface area (Å²) in [7, 11) is 0. The average Bonchev–Trinajstić information content (AvgIpc) is 3.27. The number of benzene rings is 2. The molecule has 1 aromatic heterocycles. The number of hydrogen-bond acceptors (Lipinski definition) is 3. The fourth-order valence-electron chi connectivity index (χ4n) is 3.72. The fourth-order valence-corrected chi connectivity index (χ4v) is 4.55. The molecule has 0 atom stereocenters. The molecule has 3 nitrogen and oxygen atoms in total. The minimum atomic E-state index is 0.122. The van der Waals surface area contributed by atoms with E-state index in [-0.39, 0.29) is 5.91 Å². The maximum absolute atomic E-state index is 12.9. The normalized spacial score (nSPS) is 14.3. The molecule has 146 valence electrons. The molecule has 1 aliphatic rings. The molecule has 0 aliphatic carbocycles. The van der Waals surface area contributed by atoms with E-state index < -0.39 is 0 Å². The first kappa shape index (κ1) is 19.4. The topological polar surface area (TPSA) is 46.3 Å². The van der Waals surface area contributed by atoms with E-state index in [1.165, 1.54) is 22.5 Å². The van der Waals surface area contributed by atoms with Crippen LogP contribution in [-0.4, -0.2) is 23.9 Å². The molecule has 0 unspecified atom stereocenters. The van der Waals surface area contributed by atoms with Gasteiger partial charge in [-0.15, -0.1) is 11.3 Å². The third kappa shape index (κ3) is 4.76. The highest BCUT2D eigenvalue weighted by Crippen LogP contribution is 2.30. The van der Waals surface area contributed by atoms with Crippen LogP contribution in [0.2, 0.25) is 0 Å². The van der Waals surface area contributed by atoms with Gasteiger partial charge in [0, 0.05) is 25.2 Å². The summed E-state index contributed by atoms with van der Waals surface area (Å²) in [5.74, 6) is 6.94. The SMILES string of the molecule is NCc1cccc(C2CCN(C(=O)c3ccc(C#Cc4ccccc4)s3)CC2)c1. The van der Waals surface area contributed by atoms with Crippen molar-refractivity contribution in [1.29, 1.82) is 0 Å². The highest BCUT2D eigenvalue weighted by molar-refractivity contribution is 7.14. The van der Waals surface area contributed by atoms with Crippen LogP contribution in [0.1, 0.15) is 50.0 Å². The van der Waals surface area contributed by atoms with E-state index in [1.54, 1.807) is 0 Å². The molecule has 4 rings (SSSR count). The van der Waals surface area contributed by atoms with Gasteiger partial charge in [0.1, 0.15) is 0 Å². The van der Waals surface area contributed by atoms with E-state index in [4.69, 9.17) is 5.73 Å². The van der Waals surface area contributed by atoms with E-state index in [1.807, 2.05) is 47.4 Å². The number of rotatable bonds is 3. The maximum atomic E-state index is 12.9. The van der Waals surface area contributed by atoms with E-state index in [2.05, 4.69) is 36.1 Å². The molecule has 3 aromatic rings. The number of amides is 1. The Morgan fingerprint density at radius 2 is 1.79 bits per heavy atom. The van der Waals surface area contributed by atoms with E-state index in [0.717, 1.165) is 41.2 Å². The van der Waals surface area contributed by atoms with Gasteiger partial charge in [0.05, 0.1) is 9.75 Å². The van der Waals surface area contributed by atoms with Gasteiger partial charge in [0.2, 0.25) is 0 Å². The predicted molar refractivity (Wildman–Crippen MR) is 119 cm³/mol. The lowest BCUT2D eigenvalue weighted by Gasteiger charge is -2.32. The van der Waals surface area contributed by atoms with Crippen molar-refractivity contribution in [3.63, 3.8) is 0 Å². The Balaban J connectivity index is 1.37. The lowest BCUT2D eigenvalue weighted by molar-refractivity contribution is 0.0718. The summed E-state index contributed by atoms with van der Waals surface area (Å²) < 4.78 is 0. The van der Waals surface area contributed by atoms with Crippen molar-refractivity contribution in [2.45, 2.75) is 25.3 Å². The predicted octanol–water partition coefficient (Wildman–Crippen LogP) is 4.63. The van der Waals surface area contributed by atoms with Crippen molar-refractivity contribution < 1.29 is 4.79 Å². The number of carbonyl (C=O) groups excluding carboxylic acids is 1. The molecule has 2 heterocycles.